The monoisotopic (exact) mass is 326 g/mol. The predicted molar refractivity (Wildman–Crippen MR) is 87.8 cm³/mol. The summed E-state index contributed by atoms with van der Waals surface area (Å²) in [6.45, 7) is 0. The summed E-state index contributed by atoms with van der Waals surface area (Å²) >= 11 is 0. The molecule has 124 valence electrons. The summed E-state index contributed by atoms with van der Waals surface area (Å²) in [5.74, 6) is -0.618. The Balaban J connectivity index is 1.68. The highest BCUT2D eigenvalue weighted by Gasteiger charge is 2.35. The minimum Gasteiger partial charge on any atom is -0.497 e. The third-order valence-corrected chi connectivity index (χ3v) is 4.25. The van der Waals surface area contributed by atoms with Gasteiger partial charge in [0.15, 0.2) is 0 Å². The number of hydrogen-bond donors (Lipinski definition) is 2. The smallest absolute Gasteiger partial charge is 0.306 e. The molecule has 1 amide bonds. The number of nitrogens with zero attached hydrogens (tertiary/aromatic N) is 1. The molecule has 0 atom stereocenters. The molecule has 0 saturated heterocycles. The van der Waals surface area contributed by atoms with Gasteiger partial charge in [-0.25, -0.2) is 0 Å². The largest absolute Gasteiger partial charge is 0.497 e. The number of amides is 1. The summed E-state index contributed by atoms with van der Waals surface area (Å²) in [6, 6.07) is 9.20. The number of aliphatic carboxylic acids is 1. The first-order valence-electron chi connectivity index (χ1n) is 7.70. The standard InChI is InChI=1S/C18H18N2O4/c1-24-16-4-2-11(3-5-16)13-6-14(10-19-9-13)17(21)20-15-7-12(8-15)18(22)23/h2-6,9-10,12,15H,7-8H2,1H3,(H,20,21)(H,22,23). The van der Waals surface area contributed by atoms with E-state index in [1.165, 1.54) is 6.20 Å². The summed E-state index contributed by atoms with van der Waals surface area (Å²) in [6.07, 6.45) is 4.16. The maximum Gasteiger partial charge on any atom is 0.306 e. The van der Waals surface area contributed by atoms with Gasteiger partial charge in [-0.3, -0.25) is 14.6 Å². The molecule has 1 aromatic carbocycles. The number of rotatable bonds is 5. The first kappa shape index (κ1) is 16.0. The number of aromatic nitrogens is 1. The Labute approximate surface area is 139 Å². The van der Waals surface area contributed by atoms with Gasteiger partial charge >= 0.3 is 5.97 Å². The number of carbonyl (C=O) groups excluding carboxylic acids is 1. The van der Waals surface area contributed by atoms with Crippen LogP contribution in [0.1, 0.15) is 23.2 Å². The van der Waals surface area contributed by atoms with E-state index in [4.69, 9.17) is 9.84 Å². The minimum atomic E-state index is -0.802. The fourth-order valence-corrected chi connectivity index (χ4v) is 2.71. The number of carboxylic acid groups (broad SMARTS) is 1. The Morgan fingerprint density at radius 2 is 1.88 bits per heavy atom. The van der Waals surface area contributed by atoms with Gasteiger partial charge in [0.1, 0.15) is 5.75 Å². The van der Waals surface area contributed by atoms with E-state index in [-0.39, 0.29) is 17.9 Å². The molecule has 2 N–H and O–H groups in total. The number of nitrogens with one attached hydrogen (secondary N) is 1. The molecule has 1 fully saturated rings. The molecule has 1 aromatic heterocycles. The zero-order valence-corrected chi connectivity index (χ0v) is 13.2. The second kappa shape index (κ2) is 6.70. The zero-order chi connectivity index (χ0) is 17.1. The lowest BCUT2D eigenvalue weighted by Crippen LogP contribution is -2.46. The SMILES string of the molecule is COc1ccc(-c2cncc(C(=O)NC3CC(C(=O)O)C3)c2)cc1. The van der Waals surface area contributed by atoms with Gasteiger partial charge in [0, 0.05) is 24.0 Å². The molecular weight excluding hydrogens is 308 g/mol. The van der Waals surface area contributed by atoms with Crippen molar-refractivity contribution in [3.63, 3.8) is 0 Å². The van der Waals surface area contributed by atoms with E-state index in [9.17, 15) is 9.59 Å². The number of carbonyl (C=O) groups is 2. The number of carboxylic acids is 1. The lowest BCUT2D eigenvalue weighted by molar-refractivity contribution is -0.145. The molecule has 0 radical (unpaired) electrons. The molecule has 1 saturated carbocycles. The van der Waals surface area contributed by atoms with E-state index in [0.717, 1.165) is 16.9 Å². The molecule has 6 heteroatoms. The third-order valence-electron chi connectivity index (χ3n) is 4.25. The summed E-state index contributed by atoms with van der Waals surface area (Å²) in [5.41, 5.74) is 2.23. The van der Waals surface area contributed by atoms with Crippen LogP contribution in [0.3, 0.4) is 0 Å². The average molecular weight is 326 g/mol. The number of benzene rings is 1. The topological polar surface area (TPSA) is 88.5 Å². The minimum absolute atomic E-state index is 0.0803. The molecule has 24 heavy (non-hydrogen) atoms. The number of pyridine rings is 1. The number of ether oxygens (including phenoxy) is 1. The highest BCUT2D eigenvalue weighted by atomic mass is 16.5. The normalized spacial score (nSPS) is 19.2. The Bertz CT molecular complexity index is 752. The van der Waals surface area contributed by atoms with E-state index in [1.54, 1.807) is 19.4 Å². The van der Waals surface area contributed by atoms with Crippen LogP contribution in [0.5, 0.6) is 5.75 Å². The van der Waals surface area contributed by atoms with Gasteiger partial charge in [-0.15, -0.1) is 0 Å². The van der Waals surface area contributed by atoms with Gasteiger partial charge in [-0.1, -0.05) is 12.1 Å². The van der Waals surface area contributed by atoms with Crippen molar-refractivity contribution in [2.75, 3.05) is 7.11 Å². The van der Waals surface area contributed by atoms with Crippen LogP contribution >= 0.6 is 0 Å². The van der Waals surface area contributed by atoms with Crippen molar-refractivity contribution in [3.8, 4) is 16.9 Å². The molecule has 0 bridgehead atoms. The van der Waals surface area contributed by atoms with Crippen molar-refractivity contribution < 1.29 is 19.4 Å². The fourth-order valence-electron chi connectivity index (χ4n) is 2.71. The van der Waals surface area contributed by atoms with E-state index in [1.807, 2.05) is 24.3 Å². The van der Waals surface area contributed by atoms with Crippen LogP contribution < -0.4 is 10.1 Å². The molecule has 1 aliphatic rings. The maximum absolute atomic E-state index is 12.3. The second-order valence-corrected chi connectivity index (χ2v) is 5.87. The molecular formula is C18H18N2O4. The Kier molecular flexibility index (Phi) is 4.46. The summed E-state index contributed by atoms with van der Waals surface area (Å²) in [7, 11) is 1.61. The molecule has 0 unspecified atom stereocenters. The van der Waals surface area contributed by atoms with E-state index >= 15 is 0 Å². The van der Waals surface area contributed by atoms with Gasteiger partial charge in [-0.2, -0.15) is 0 Å². The van der Waals surface area contributed by atoms with Crippen molar-refractivity contribution in [1.29, 1.82) is 0 Å². The Morgan fingerprint density at radius 3 is 2.50 bits per heavy atom. The molecule has 1 heterocycles. The van der Waals surface area contributed by atoms with Crippen molar-refractivity contribution in [3.05, 3.63) is 48.3 Å². The summed E-state index contributed by atoms with van der Waals surface area (Å²) < 4.78 is 5.13. The molecule has 3 rings (SSSR count). The maximum atomic E-state index is 12.3. The highest BCUT2D eigenvalue weighted by Crippen LogP contribution is 2.28. The van der Waals surface area contributed by atoms with Crippen molar-refractivity contribution in [2.24, 2.45) is 5.92 Å². The Hall–Kier alpha value is -2.89. The number of methoxy groups -OCH3 is 1. The van der Waals surface area contributed by atoms with Crippen molar-refractivity contribution in [1.82, 2.24) is 10.3 Å². The molecule has 2 aromatic rings. The summed E-state index contributed by atoms with van der Waals surface area (Å²) in [4.78, 5) is 27.2. The molecule has 1 aliphatic carbocycles. The highest BCUT2D eigenvalue weighted by molar-refractivity contribution is 5.95. The van der Waals surface area contributed by atoms with Gasteiger partial charge in [-0.05, 0) is 36.6 Å². The van der Waals surface area contributed by atoms with E-state index < -0.39 is 5.97 Å². The van der Waals surface area contributed by atoms with Gasteiger partial charge in [0.25, 0.3) is 5.91 Å². The average Bonchev–Trinajstić information content (AvgIpc) is 2.57. The van der Waals surface area contributed by atoms with Gasteiger partial charge < -0.3 is 15.2 Å². The second-order valence-electron chi connectivity index (χ2n) is 5.87. The van der Waals surface area contributed by atoms with Crippen LogP contribution in [0, 0.1) is 5.92 Å². The van der Waals surface area contributed by atoms with E-state index in [0.29, 0.717) is 18.4 Å². The van der Waals surface area contributed by atoms with Crippen LogP contribution in [0.25, 0.3) is 11.1 Å². The van der Waals surface area contributed by atoms with Crippen LogP contribution in [-0.4, -0.2) is 35.1 Å². The molecule has 0 spiro atoms. The first-order chi connectivity index (χ1) is 11.6. The van der Waals surface area contributed by atoms with Gasteiger partial charge in [0.2, 0.25) is 0 Å². The third kappa shape index (κ3) is 3.37. The van der Waals surface area contributed by atoms with Crippen LogP contribution in [0.4, 0.5) is 0 Å². The zero-order valence-electron chi connectivity index (χ0n) is 13.2. The van der Waals surface area contributed by atoms with Crippen LogP contribution in [0.15, 0.2) is 42.7 Å². The first-order valence-corrected chi connectivity index (χ1v) is 7.70. The van der Waals surface area contributed by atoms with Crippen molar-refractivity contribution in [2.45, 2.75) is 18.9 Å². The predicted octanol–water partition coefficient (Wildman–Crippen LogP) is 2.35. The fraction of sp³-hybridized carbons (Fsp3) is 0.278. The lowest BCUT2D eigenvalue weighted by Gasteiger charge is -2.32. The molecule has 0 aliphatic heterocycles. The number of hydrogen-bond acceptors (Lipinski definition) is 4. The quantitative estimate of drug-likeness (QED) is 0.880. The summed E-state index contributed by atoms with van der Waals surface area (Å²) in [5, 5.41) is 11.7. The van der Waals surface area contributed by atoms with E-state index in [2.05, 4.69) is 10.3 Å². The lowest BCUT2D eigenvalue weighted by atomic mass is 9.80. The van der Waals surface area contributed by atoms with Crippen molar-refractivity contribution >= 4 is 11.9 Å². The van der Waals surface area contributed by atoms with Crippen LogP contribution in [-0.2, 0) is 4.79 Å². The molecule has 6 nitrogen and oxygen atoms in total. The Morgan fingerprint density at radius 1 is 1.17 bits per heavy atom. The van der Waals surface area contributed by atoms with Crippen LogP contribution in [0.2, 0.25) is 0 Å². The van der Waals surface area contributed by atoms with Gasteiger partial charge in [0.05, 0.1) is 18.6 Å².